The molecule has 0 radical (unpaired) electrons. The SMILES string of the molecule is CCN1CCN(c2ccc(S(=O)(=O)N(CC)CC)cc2NC(=O)CCc2cccs2)CC1. The average Bonchev–Trinajstić information content (AvgIpc) is 3.32. The van der Waals surface area contributed by atoms with Gasteiger partial charge in [0.05, 0.1) is 16.3 Å². The Kier molecular flexibility index (Phi) is 8.70. The van der Waals surface area contributed by atoms with Crippen LogP contribution in [0.4, 0.5) is 11.4 Å². The molecule has 0 spiro atoms. The van der Waals surface area contributed by atoms with Gasteiger partial charge in [0.2, 0.25) is 15.9 Å². The van der Waals surface area contributed by atoms with Gasteiger partial charge in [0.15, 0.2) is 0 Å². The van der Waals surface area contributed by atoms with Crippen molar-refractivity contribution in [3.05, 3.63) is 40.6 Å². The van der Waals surface area contributed by atoms with Gasteiger partial charge < -0.3 is 15.1 Å². The van der Waals surface area contributed by atoms with Crippen LogP contribution in [-0.4, -0.2) is 69.3 Å². The molecule has 1 aliphatic heterocycles. The summed E-state index contributed by atoms with van der Waals surface area (Å²) < 4.78 is 27.6. The van der Waals surface area contributed by atoms with Crippen molar-refractivity contribution in [1.82, 2.24) is 9.21 Å². The summed E-state index contributed by atoms with van der Waals surface area (Å²) in [6, 6.07) is 9.13. The van der Waals surface area contributed by atoms with Crippen LogP contribution in [0.25, 0.3) is 0 Å². The van der Waals surface area contributed by atoms with Gasteiger partial charge in [-0.2, -0.15) is 4.31 Å². The Balaban J connectivity index is 1.86. The number of likely N-dealkylation sites (N-methyl/N-ethyl adjacent to an activating group) is 1. The number of benzene rings is 1. The zero-order chi connectivity index (χ0) is 23.1. The number of hydrogen-bond donors (Lipinski definition) is 1. The number of nitrogens with zero attached hydrogens (tertiary/aromatic N) is 3. The minimum Gasteiger partial charge on any atom is -0.367 e. The lowest BCUT2D eigenvalue weighted by Crippen LogP contribution is -2.46. The molecule has 0 aliphatic carbocycles. The van der Waals surface area contributed by atoms with Crippen LogP contribution in [0.3, 0.4) is 0 Å². The van der Waals surface area contributed by atoms with Crippen molar-refractivity contribution in [3.63, 3.8) is 0 Å². The van der Waals surface area contributed by atoms with Gasteiger partial charge in [-0.1, -0.05) is 26.8 Å². The molecule has 2 aromatic rings. The van der Waals surface area contributed by atoms with Crippen molar-refractivity contribution in [2.24, 2.45) is 0 Å². The van der Waals surface area contributed by atoms with E-state index in [2.05, 4.69) is 22.0 Å². The van der Waals surface area contributed by atoms with E-state index in [1.165, 1.54) is 4.31 Å². The highest BCUT2D eigenvalue weighted by Crippen LogP contribution is 2.31. The normalized spacial score (nSPS) is 15.3. The van der Waals surface area contributed by atoms with E-state index < -0.39 is 10.0 Å². The lowest BCUT2D eigenvalue weighted by atomic mass is 10.2. The summed E-state index contributed by atoms with van der Waals surface area (Å²) in [5.41, 5.74) is 1.45. The van der Waals surface area contributed by atoms with Gasteiger partial charge in [-0.25, -0.2) is 8.42 Å². The highest BCUT2D eigenvalue weighted by molar-refractivity contribution is 7.89. The minimum absolute atomic E-state index is 0.107. The molecule has 176 valence electrons. The van der Waals surface area contributed by atoms with Crippen LogP contribution in [0.1, 0.15) is 32.1 Å². The Hall–Kier alpha value is -1.94. The number of hydrogen-bond acceptors (Lipinski definition) is 6. The molecule has 1 amide bonds. The van der Waals surface area contributed by atoms with Gasteiger partial charge >= 0.3 is 0 Å². The van der Waals surface area contributed by atoms with Crippen molar-refractivity contribution in [2.45, 2.75) is 38.5 Å². The molecule has 1 fully saturated rings. The number of rotatable bonds is 10. The number of anilines is 2. The lowest BCUT2D eigenvalue weighted by molar-refractivity contribution is -0.116. The van der Waals surface area contributed by atoms with Gasteiger partial charge in [0.1, 0.15) is 0 Å². The summed E-state index contributed by atoms with van der Waals surface area (Å²) >= 11 is 1.64. The highest BCUT2D eigenvalue weighted by Gasteiger charge is 2.25. The quantitative estimate of drug-likeness (QED) is 0.566. The molecule has 1 aromatic carbocycles. The van der Waals surface area contributed by atoms with Crippen molar-refractivity contribution < 1.29 is 13.2 Å². The molecule has 1 saturated heterocycles. The first kappa shape index (κ1) is 24.7. The molecule has 0 bridgehead atoms. The average molecular weight is 479 g/mol. The molecule has 32 heavy (non-hydrogen) atoms. The number of aryl methyl sites for hydroxylation is 1. The van der Waals surface area contributed by atoms with Gasteiger partial charge in [-0.05, 0) is 42.6 Å². The number of nitrogens with one attached hydrogen (secondary N) is 1. The van der Waals surface area contributed by atoms with Crippen LogP contribution >= 0.6 is 11.3 Å². The zero-order valence-electron chi connectivity index (χ0n) is 19.2. The van der Waals surface area contributed by atoms with Crippen LogP contribution < -0.4 is 10.2 Å². The number of carbonyl (C=O) groups is 1. The molecular formula is C23H34N4O3S2. The number of sulfonamides is 1. The molecule has 7 nitrogen and oxygen atoms in total. The third-order valence-electron chi connectivity index (χ3n) is 5.92. The first-order valence-corrected chi connectivity index (χ1v) is 13.6. The Morgan fingerprint density at radius 3 is 2.41 bits per heavy atom. The zero-order valence-corrected chi connectivity index (χ0v) is 20.8. The van der Waals surface area contributed by atoms with Crippen molar-refractivity contribution in [2.75, 3.05) is 56.0 Å². The molecule has 1 N–H and O–H groups in total. The topological polar surface area (TPSA) is 73.0 Å². The van der Waals surface area contributed by atoms with E-state index in [0.717, 1.165) is 43.3 Å². The summed E-state index contributed by atoms with van der Waals surface area (Å²) in [4.78, 5) is 18.7. The first-order valence-electron chi connectivity index (χ1n) is 11.3. The van der Waals surface area contributed by atoms with E-state index in [4.69, 9.17) is 0 Å². The third kappa shape index (κ3) is 5.89. The van der Waals surface area contributed by atoms with E-state index in [-0.39, 0.29) is 10.8 Å². The van der Waals surface area contributed by atoms with Crippen LogP contribution in [0.5, 0.6) is 0 Å². The predicted octanol–water partition coefficient (Wildman–Crippen LogP) is 3.49. The fraction of sp³-hybridized carbons (Fsp3) is 0.522. The van der Waals surface area contributed by atoms with E-state index in [9.17, 15) is 13.2 Å². The number of piperazine rings is 1. The standard InChI is InChI=1S/C23H34N4O3S2/c1-4-25-13-15-26(16-14-25)22-11-10-20(32(29,30)27(5-2)6-3)18-21(22)24-23(28)12-9-19-8-7-17-31-19/h7-8,10-11,17-18H,4-6,9,12-16H2,1-3H3,(H,24,28). The van der Waals surface area contributed by atoms with Gasteiger partial charge in [-0.15, -0.1) is 11.3 Å². The minimum atomic E-state index is -3.61. The molecule has 2 heterocycles. The fourth-order valence-electron chi connectivity index (χ4n) is 3.97. The number of amides is 1. The van der Waals surface area contributed by atoms with Gasteiger partial charge in [-0.3, -0.25) is 4.79 Å². The molecule has 1 aromatic heterocycles. The van der Waals surface area contributed by atoms with Crippen LogP contribution in [0.15, 0.2) is 40.6 Å². The predicted molar refractivity (Wildman–Crippen MR) is 132 cm³/mol. The molecule has 3 rings (SSSR count). The van der Waals surface area contributed by atoms with Crippen LogP contribution in [0, 0.1) is 0 Å². The summed E-state index contributed by atoms with van der Waals surface area (Å²) in [6.45, 7) is 11.2. The largest absolute Gasteiger partial charge is 0.367 e. The van der Waals surface area contributed by atoms with E-state index >= 15 is 0 Å². The molecule has 0 unspecified atom stereocenters. The van der Waals surface area contributed by atoms with Crippen LogP contribution in [-0.2, 0) is 21.2 Å². The second kappa shape index (κ2) is 11.3. The number of carbonyl (C=O) groups excluding carboxylic acids is 1. The Bertz CT molecular complexity index is 981. The second-order valence-electron chi connectivity index (χ2n) is 7.82. The highest BCUT2D eigenvalue weighted by atomic mass is 32.2. The number of thiophene rings is 1. The Labute approximate surface area is 196 Å². The maximum absolute atomic E-state index is 13.1. The monoisotopic (exact) mass is 478 g/mol. The first-order chi connectivity index (χ1) is 15.4. The molecule has 1 aliphatic rings. The second-order valence-corrected chi connectivity index (χ2v) is 10.8. The summed E-state index contributed by atoms with van der Waals surface area (Å²) in [7, 11) is -3.61. The van der Waals surface area contributed by atoms with Crippen molar-refractivity contribution in [3.8, 4) is 0 Å². The van der Waals surface area contributed by atoms with E-state index in [0.29, 0.717) is 31.6 Å². The maximum atomic E-state index is 13.1. The smallest absolute Gasteiger partial charge is 0.243 e. The summed E-state index contributed by atoms with van der Waals surface area (Å²) in [6.07, 6.45) is 1.03. The molecule has 0 saturated carbocycles. The van der Waals surface area contributed by atoms with Crippen molar-refractivity contribution >= 4 is 38.6 Å². The van der Waals surface area contributed by atoms with Gasteiger partial charge in [0, 0.05) is 50.6 Å². The Morgan fingerprint density at radius 1 is 1.09 bits per heavy atom. The van der Waals surface area contributed by atoms with Crippen LogP contribution in [0.2, 0.25) is 0 Å². The summed E-state index contributed by atoms with van der Waals surface area (Å²) in [5.74, 6) is -0.107. The van der Waals surface area contributed by atoms with E-state index in [1.54, 1.807) is 23.5 Å². The van der Waals surface area contributed by atoms with Crippen molar-refractivity contribution in [1.29, 1.82) is 0 Å². The molecule has 0 atom stereocenters. The Morgan fingerprint density at radius 2 is 1.81 bits per heavy atom. The van der Waals surface area contributed by atoms with E-state index in [1.807, 2.05) is 37.4 Å². The molecular weight excluding hydrogens is 444 g/mol. The third-order valence-corrected chi connectivity index (χ3v) is 8.91. The fourth-order valence-corrected chi connectivity index (χ4v) is 6.17. The molecule has 9 heteroatoms. The lowest BCUT2D eigenvalue weighted by Gasteiger charge is -2.36. The van der Waals surface area contributed by atoms with Gasteiger partial charge in [0.25, 0.3) is 0 Å². The summed E-state index contributed by atoms with van der Waals surface area (Å²) in [5, 5.41) is 5.01. The maximum Gasteiger partial charge on any atom is 0.243 e.